The molecular weight excluding hydrogens is 387 g/mol. The zero-order chi connectivity index (χ0) is 21.0. The van der Waals surface area contributed by atoms with E-state index in [1.807, 2.05) is 0 Å². The number of hydrazone groups is 1. The Labute approximate surface area is 162 Å². The van der Waals surface area contributed by atoms with Crippen molar-refractivity contribution < 1.29 is 17.9 Å². The molecule has 2 aromatic carbocycles. The van der Waals surface area contributed by atoms with Crippen molar-refractivity contribution in [2.24, 2.45) is 5.10 Å². The van der Waals surface area contributed by atoms with E-state index in [0.29, 0.717) is 11.6 Å². The van der Waals surface area contributed by atoms with Gasteiger partial charge in [0.2, 0.25) is 5.95 Å². The number of rotatable bonds is 5. The fourth-order valence-corrected chi connectivity index (χ4v) is 2.48. The van der Waals surface area contributed by atoms with Gasteiger partial charge in [-0.2, -0.15) is 10.4 Å². The van der Waals surface area contributed by atoms with E-state index in [9.17, 15) is 23.2 Å². The Morgan fingerprint density at radius 2 is 1.97 bits per heavy atom. The lowest BCUT2D eigenvalue weighted by Crippen LogP contribution is -2.16. The molecule has 29 heavy (non-hydrogen) atoms. The van der Waals surface area contributed by atoms with Crippen LogP contribution in [0, 0.1) is 28.8 Å². The van der Waals surface area contributed by atoms with Crippen LogP contribution in [0.15, 0.2) is 46.3 Å². The first kappa shape index (κ1) is 19.6. The molecule has 1 heterocycles. The molecule has 2 N–H and O–H groups in total. The molecule has 0 fully saturated rings. The third-order valence-corrected chi connectivity index (χ3v) is 3.81. The van der Waals surface area contributed by atoms with Crippen molar-refractivity contribution in [1.82, 2.24) is 9.97 Å². The van der Waals surface area contributed by atoms with Crippen LogP contribution in [0.2, 0.25) is 0 Å². The number of benzene rings is 2. The lowest BCUT2D eigenvalue weighted by Gasteiger charge is -2.07. The molecule has 0 spiro atoms. The van der Waals surface area contributed by atoms with Crippen molar-refractivity contribution in [2.45, 2.75) is 0 Å². The van der Waals surface area contributed by atoms with Gasteiger partial charge in [-0.05, 0) is 0 Å². The molecule has 0 saturated heterocycles. The maximum Gasteiger partial charge on any atom is 0.270 e. The Bertz CT molecular complexity index is 1190. The van der Waals surface area contributed by atoms with E-state index in [1.54, 1.807) is 36.4 Å². The SMILES string of the molecule is COc1c(F)cc(F)c(C=NNc2nc(-c3ccccc3)c(C#N)c(=O)[nH]2)c1F. The van der Waals surface area contributed by atoms with Crippen molar-refractivity contribution in [3.05, 3.63) is 75.3 Å². The molecule has 146 valence electrons. The maximum atomic E-state index is 14.1. The minimum Gasteiger partial charge on any atom is -0.491 e. The summed E-state index contributed by atoms with van der Waals surface area (Å²) in [4.78, 5) is 18.6. The fraction of sp³-hybridized carbons (Fsp3) is 0.0526. The molecule has 0 saturated carbocycles. The van der Waals surface area contributed by atoms with Crippen molar-refractivity contribution in [1.29, 1.82) is 5.26 Å². The number of H-pyrrole nitrogens is 1. The number of nitriles is 1. The van der Waals surface area contributed by atoms with Crippen LogP contribution in [-0.2, 0) is 0 Å². The zero-order valence-electron chi connectivity index (χ0n) is 14.8. The summed E-state index contributed by atoms with van der Waals surface area (Å²) in [5.41, 5.74) is 1.37. The number of hydrogen-bond acceptors (Lipinski definition) is 6. The summed E-state index contributed by atoms with van der Waals surface area (Å²) < 4.78 is 46.0. The highest BCUT2D eigenvalue weighted by molar-refractivity contribution is 5.81. The molecule has 0 bridgehead atoms. The fourth-order valence-electron chi connectivity index (χ4n) is 2.48. The van der Waals surface area contributed by atoms with Crippen LogP contribution < -0.4 is 15.7 Å². The normalized spacial score (nSPS) is 10.7. The predicted octanol–water partition coefficient (Wildman–Crippen LogP) is 3.18. The Hall–Kier alpha value is -4.13. The number of halogens is 3. The van der Waals surface area contributed by atoms with Gasteiger partial charge in [0.05, 0.1) is 24.6 Å². The van der Waals surface area contributed by atoms with Gasteiger partial charge in [-0.25, -0.2) is 23.6 Å². The van der Waals surface area contributed by atoms with Crippen molar-refractivity contribution in [2.75, 3.05) is 12.5 Å². The second kappa shape index (κ2) is 8.26. The molecule has 0 unspecified atom stereocenters. The largest absolute Gasteiger partial charge is 0.491 e. The highest BCUT2D eigenvalue weighted by Crippen LogP contribution is 2.26. The minimum absolute atomic E-state index is 0.107. The van der Waals surface area contributed by atoms with Crippen LogP contribution in [0.3, 0.4) is 0 Å². The molecule has 0 amide bonds. The molecule has 0 atom stereocenters. The number of anilines is 1. The summed E-state index contributed by atoms with van der Waals surface area (Å²) in [5, 5.41) is 12.8. The van der Waals surface area contributed by atoms with E-state index < -0.39 is 34.3 Å². The van der Waals surface area contributed by atoms with Crippen LogP contribution in [0.5, 0.6) is 5.75 Å². The molecule has 10 heteroatoms. The summed E-state index contributed by atoms with van der Waals surface area (Å²) in [5.74, 6) is -4.60. The van der Waals surface area contributed by atoms with Gasteiger partial charge in [-0.3, -0.25) is 9.78 Å². The van der Waals surface area contributed by atoms with Gasteiger partial charge in [0, 0.05) is 11.6 Å². The van der Waals surface area contributed by atoms with E-state index in [-0.39, 0.29) is 17.2 Å². The average molecular weight is 399 g/mol. The van der Waals surface area contributed by atoms with Gasteiger partial charge in [-0.1, -0.05) is 30.3 Å². The number of aromatic amines is 1. The van der Waals surface area contributed by atoms with E-state index in [4.69, 9.17) is 0 Å². The first-order valence-electron chi connectivity index (χ1n) is 8.06. The number of aromatic nitrogens is 2. The van der Waals surface area contributed by atoms with Crippen LogP contribution in [0.4, 0.5) is 19.1 Å². The molecule has 0 aliphatic heterocycles. The second-order valence-electron chi connectivity index (χ2n) is 5.59. The van der Waals surface area contributed by atoms with E-state index >= 15 is 0 Å². The van der Waals surface area contributed by atoms with Crippen LogP contribution >= 0.6 is 0 Å². The summed E-state index contributed by atoms with van der Waals surface area (Å²) >= 11 is 0. The molecule has 0 radical (unpaired) electrons. The van der Waals surface area contributed by atoms with Gasteiger partial charge in [0.25, 0.3) is 5.56 Å². The van der Waals surface area contributed by atoms with Gasteiger partial charge in [0.1, 0.15) is 17.4 Å². The quantitative estimate of drug-likeness (QED) is 0.507. The lowest BCUT2D eigenvalue weighted by molar-refractivity contribution is 0.355. The number of hydrogen-bond donors (Lipinski definition) is 2. The van der Waals surface area contributed by atoms with E-state index in [1.165, 1.54) is 0 Å². The zero-order valence-corrected chi connectivity index (χ0v) is 14.8. The van der Waals surface area contributed by atoms with Gasteiger partial charge in [-0.15, -0.1) is 0 Å². The van der Waals surface area contributed by atoms with Crippen LogP contribution in [0.1, 0.15) is 11.1 Å². The topological polar surface area (TPSA) is 103 Å². The summed E-state index contributed by atoms with van der Waals surface area (Å²) in [6.07, 6.45) is 0.743. The highest BCUT2D eigenvalue weighted by atomic mass is 19.1. The standard InChI is InChI=1S/C19H12F3N5O2/c1-29-17-14(21)7-13(20)12(15(17)22)9-24-27-19-25-16(10-5-3-2-4-6-10)11(8-23)18(28)26-19/h2-7,9H,1H3,(H2,25,26,27,28). The van der Waals surface area contributed by atoms with Gasteiger partial charge in [0.15, 0.2) is 17.4 Å². The first-order chi connectivity index (χ1) is 14.0. The third kappa shape index (κ3) is 3.93. The average Bonchev–Trinajstić information content (AvgIpc) is 2.71. The maximum absolute atomic E-state index is 14.1. The predicted molar refractivity (Wildman–Crippen MR) is 99.1 cm³/mol. The summed E-state index contributed by atoms with van der Waals surface area (Å²) in [6, 6.07) is 10.7. The molecule has 3 aromatic rings. The molecule has 7 nitrogen and oxygen atoms in total. The minimum atomic E-state index is -1.28. The van der Waals surface area contributed by atoms with Crippen molar-refractivity contribution in [3.63, 3.8) is 0 Å². The van der Waals surface area contributed by atoms with Crippen LogP contribution in [-0.4, -0.2) is 23.3 Å². The van der Waals surface area contributed by atoms with E-state index in [0.717, 1.165) is 13.3 Å². The Balaban J connectivity index is 1.96. The Kier molecular flexibility index (Phi) is 5.59. The highest BCUT2D eigenvalue weighted by Gasteiger charge is 2.18. The second-order valence-corrected chi connectivity index (χ2v) is 5.59. The Morgan fingerprint density at radius 1 is 1.24 bits per heavy atom. The molecular formula is C19H12F3N5O2. The number of nitrogens with zero attached hydrogens (tertiary/aromatic N) is 3. The Morgan fingerprint density at radius 3 is 2.62 bits per heavy atom. The van der Waals surface area contributed by atoms with Gasteiger partial charge < -0.3 is 4.74 Å². The van der Waals surface area contributed by atoms with E-state index in [2.05, 4.69) is 25.2 Å². The smallest absolute Gasteiger partial charge is 0.270 e. The third-order valence-electron chi connectivity index (χ3n) is 3.81. The van der Waals surface area contributed by atoms with Crippen molar-refractivity contribution >= 4 is 12.2 Å². The number of methoxy groups -OCH3 is 1. The molecule has 0 aliphatic carbocycles. The number of nitrogens with one attached hydrogen (secondary N) is 2. The monoisotopic (exact) mass is 399 g/mol. The number of ether oxygens (including phenoxy) is 1. The first-order valence-corrected chi connectivity index (χ1v) is 8.06. The lowest BCUT2D eigenvalue weighted by atomic mass is 10.1. The molecule has 1 aromatic heterocycles. The van der Waals surface area contributed by atoms with Crippen LogP contribution in [0.25, 0.3) is 11.3 Å². The van der Waals surface area contributed by atoms with Gasteiger partial charge >= 0.3 is 0 Å². The summed E-state index contributed by atoms with van der Waals surface area (Å²) in [6.45, 7) is 0. The summed E-state index contributed by atoms with van der Waals surface area (Å²) in [7, 11) is 1.04. The molecule has 0 aliphatic rings. The molecule has 3 rings (SSSR count). The van der Waals surface area contributed by atoms with Crippen molar-refractivity contribution in [3.8, 4) is 23.1 Å².